The molecule has 1 aromatic rings. The summed E-state index contributed by atoms with van der Waals surface area (Å²) in [5, 5.41) is 30.6. The van der Waals surface area contributed by atoms with E-state index >= 15 is 0 Å². The predicted molar refractivity (Wildman–Crippen MR) is 79.2 cm³/mol. The summed E-state index contributed by atoms with van der Waals surface area (Å²) in [4.78, 5) is 0. The van der Waals surface area contributed by atoms with Gasteiger partial charge >= 0.3 is 0 Å². The van der Waals surface area contributed by atoms with Crippen LogP contribution in [-0.4, -0.2) is 47.8 Å². The van der Waals surface area contributed by atoms with Crippen LogP contribution in [0.3, 0.4) is 0 Å². The number of halogens is 2. The Hall–Kier alpha value is -0.180. The third-order valence-corrected chi connectivity index (χ3v) is 4.02. The Balaban J connectivity index is 2.84. The molecular formula is C12H17Br2NO4. The van der Waals surface area contributed by atoms with Gasteiger partial charge in [0.2, 0.25) is 0 Å². The highest BCUT2D eigenvalue weighted by Crippen LogP contribution is 2.34. The molecule has 0 aromatic heterocycles. The van der Waals surface area contributed by atoms with Crippen LogP contribution in [-0.2, 0) is 6.54 Å². The maximum atomic E-state index is 9.22. The van der Waals surface area contributed by atoms with E-state index in [1.54, 1.807) is 7.11 Å². The molecule has 0 aliphatic heterocycles. The SMILES string of the molecule is COc1c(Br)cc(CNC(CO)(CO)CO)cc1Br. The van der Waals surface area contributed by atoms with Gasteiger partial charge in [-0.15, -0.1) is 0 Å². The van der Waals surface area contributed by atoms with E-state index in [4.69, 9.17) is 4.74 Å². The van der Waals surface area contributed by atoms with Gasteiger partial charge in [0.25, 0.3) is 0 Å². The molecule has 19 heavy (non-hydrogen) atoms. The summed E-state index contributed by atoms with van der Waals surface area (Å²) in [6.07, 6.45) is 0. The molecule has 7 heteroatoms. The van der Waals surface area contributed by atoms with E-state index in [2.05, 4.69) is 37.2 Å². The van der Waals surface area contributed by atoms with Crippen molar-refractivity contribution in [1.29, 1.82) is 0 Å². The largest absolute Gasteiger partial charge is 0.494 e. The molecule has 0 heterocycles. The highest BCUT2D eigenvalue weighted by Gasteiger charge is 2.27. The maximum absolute atomic E-state index is 9.22. The zero-order chi connectivity index (χ0) is 14.5. The van der Waals surface area contributed by atoms with Gasteiger partial charge in [0.15, 0.2) is 0 Å². The number of rotatable bonds is 7. The van der Waals surface area contributed by atoms with E-state index in [1.165, 1.54) is 0 Å². The van der Waals surface area contributed by atoms with Crippen LogP contribution in [0.25, 0.3) is 0 Å². The Morgan fingerprint density at radius 3 is 1.95 bits per heavy atom. The molecule has 1 aromatic carbocycles. The second kappa shape index (κ2) is 7.56. The van der Waals surface area contributed by atoms with Crippen molar-refractivity contribution in [2.24, 2.45) is 0 Å². The number of methoxy groups -OCH3 is 1. The molecule has 5 nitrogen and oxygen atoms in total. The minimum Gasteiger partial charge on any atom is -0.494 e. The molecule has 0 radical (unpaired) electrons. The van der Waals surface area contributed by atoms with Crippen molar-refractivity contribution in [1.82, 2.24) is 5.32 Å². The van der Waals surface area contributed by atoms with Gasteiger partial charge in [-0.25, -0.2) is 0 Å². The van der Waals surface area contributed by atoms with Crippen LogP contribution in [0.1, 0.15) is 5.56 Å². The van der Waals surface area contributed by atoms with Gasteiger partial charge in [-0.3, -0.25) is 0 Å². The summed E-state index contributed by atoms with van der Waals surface area (Å²) >= 11 is 6.80. The second-order valence-corrected chi connectivity index (χ2v) is 5.91. The van der Waals surface area contributed by atoms with Crippen LogP contribution in [0, 0.1) is 0 Å². The summed E-state index contributed by atoms with van der Waals surface area (Å²) in [5.74, 6) is 0.696. The smallest absolute Gasteiger partial charge is 0.147 e. The molecule has 0 saturated carbocycles. The van der Waals surface area contributed by atoms with E-state index in [0.717, 1.165) is 14.5 Å². The minimum atomic E-state index is -1.08. The van der Waals surface area contributed by atoms with Crippen LogP contribution >= 0.6 is 31.9 Å². The Morgan fingerprint density at radius 1 is 1.11 bits per heavy atom. The zero-order valence-corrected chi connectivity index (χ0v) is 13.7. The molecule has 0 atom stereocenters. The third kappa shape index (κ3) is 4.14. The average molecular weight is 399 g/mol. The van der Waals surface area contributed by atoms with Crippen molar-refractivity contribution < 1.29 is 20.1 Å². The van der Waals surface area contributed by atoms with E-state index in [-0.39, 0.29) is 19.8 Å². The van der Waals surface area contributed by atoms with Crippen LogP contribution in [0.5, 0.6) is 5.75 Å². The third-order valence-electron chi connectivity index (χ3n) is 2.84. The topological polar surface area (TPSA) is 82.0 Å². The molecule has 0 saturated heterocycles. The van der Waals surface area contributed by atoms with Crippen LogP contribution < -0.4 is 10.1 Å². The fourth-order valence-corrected chi connectivity index (χ4v) is 3.12. The first-order valence-electron chi connectivity index (χ1n) is 5.61. The van der Waals surface area contributed by atoms with Crippen molar-refractivity contribution in [2.45, 2.75) is 12.1 Å². The van der Waals surface area contributed by atoms with Gasteiger partial charge in [-0.2, -0.15) is 0 Å². The lowest BCUT2D eigenvalue weighted by Crippen LogP contribution is -2.54. The normalized spacial score (nSPS) is 11.7. The summed E-state index contributed by atoms with van der Waals surface area (Å²) < 4.78 is 6.80. The van der Waals surface area contributed by atoms with Gasteiger partial charge < -0.3 is 25.4 Å². The Labute approximate surface area is 128 Å². The summed E-state index contributed by atoms with van der Waals surface area (Å²) in [5.41, 5.74) is -0.168. The fraction of sp³-hybridized carbons (Fsp3) is 0.500. The van der Waals surface area contributed by atoms with Crippen molar-refractivity contribution in [3.63, 3.8) is 0 Å². The van der Waals surface area contributed by atoms with Gasteiger partial charge in [-0.1, -0.05) is 0 Å². The average Bonchev–Trinajstić information content (AvgIpc) is 2.41. The van der Waals surface area contributed by atoms with Gasteiger partial charge in [0.05, 0.1) is 41.4 Å². The molecule has 108 valence electrons. The maximum Gasteiger partial charge on any atom is 0.147 e. The van der Waals surface area contributed by atoms with Crippen LogP contribution in [0.15, 0.2) is 21.1 Å². The number of aliphatic hydroxyl groups excluding tert-OH is 3. The number of ether oxygens (including phenoxy) is 1. The molecule has 0 bridgehead atoms. The molecule has 0 aliphatic carbocycles. The Morgan fingerprint density at radius 2 is 1.58 bits per heavy atom. The van der Waals surface area contributed by atoms with Gasteiger partial charge in [-0.05, 0) is 49.6 Å². The lowest BCUT2D eigenvalue weighted by molar-refractivity contribution is 0.0414. The molecule has 0 aliphatic rings. The van der Waals surface area contributed by atoms with E-state index in [0.29, 0.717) is 12.3 Å². The second-order valence-electron chi connectivity index (χ2n) is 4.20. The summed E-state index contributed by atoms with van der Waals surface area (Å²) in [6, 6.07) is 3.74. The molecule has 0 spiro atoms. The lowest BCUT2D eigenvalue weighted by Gasteiger charge is -2.29. The number of hydrogen-bond acceptors (Lipinski definition) is 5. The monoisotopic (exact) mass is 397 g/mol. The van der Waals surface area contributed by atoms with E-state index in [9.17, 15) is 15.3 Å². The van der Waals surface area contributed by atoms with E-state index < -0.39 is 5.54 Å². The number of benzene rings is 1. The standard InChI is InChI=1S/C12H17Br2NO4/c1-19-11-9(13)2-8(3-10(11)14)4-15-12(5-16,6-17)7-18/h2-3,15-18H,4-7H2,1H3. The van der Waals surface area contributed by atoms with E-state index in [1.807, 2.05) is 12.1 Å². The number of nitrogens with one attached hydrogen (secondary N) is 1. The Kier molecular flexibility index (Phi) is 6.72. The van der Waals surface area contributed by atoms with Crippen molar-refractivity contribution in [2.75, 3.05) is 26.9 Å². The lowest BCUT2D eigenvalue weighted by atomic mass is 10.0. The van der Waals surface area contributed by atoms with Gasteiger partial charge in [0.1, 0.15) is 5.75 Å². The molecular weight excluding hydrogens is 382 g/mol. The van der Waals surface area contributed by atoms with Crippen molar-refractivity contribution in [3.8, 4) is 5.75 Å². The quantitative estimate of drug-likeness (QED) is 0.551. The van der Waals surface area contributed by atoms with Crippen LogP contribution in [0.2, 0.25) is 0 Å². The van der Waals surface area contributed by atoms with Crippen LogP contribution in [0.4, 0.5) is 0 Å². The molecule has 0 amide bonds. The number of hydrogen-bond donors (Lipinski definition) is 4. The molecule has 0 unspecified atom stereocenters. The number of aliphatic hydroxyl groups is 3. The molecule has 4 N–H and O–H groups in total. The van der Waals surface area contributed by atoms with Crippen molar-refractivity contribution >= 4 is 31.9 Å². The molecule has 0 fully saturated rings. The zero-order valence-electron chi connectivity index (χ0n) is 10.5. The fourth-order valence-electron chi connectivity index (χ4n) is 1.52. The highest BCUT2D eigenvalue weighted by atomic mass is 79.9. The van der Waals surface area contributed by atoms with Crippen molar-refractivity contribution in [3.05, 3.63) is 26.6 Å². The minimum absolute atomic E-state index is 0.349. The predicted octanol–water partition coefficient (Wildman–Crippen LogP) is 1.03. The first kappa shape index (κ1) is 16.9. The first-order chi connectivity index (χ1) is 9.01. The van der Waals surface area contributed by atoms with Gasteiger partial charge in [0, 0.05) is 6.54 Å². The highest BCUT2D eigenvalue weighted by molar-refractivity contribution is 9.11. The summed E-state index contributed by atoms with van der Waals surface area (Å²) in [6.45, 7) is -0.654. The Bertz CT molecular complexity index is 393. The first-order valence-corrected chi connectivity index (χ1v) is 7.20. The summed E-state index contributed by atoms with van der Waals surface area (Å²) in [7, 11) is 1.58. The molecule has 1 rings (SSSR count).